The first-order chi connectivity index (χ1) is 4.74. The lowest BCUT2D eigenvalue weighted by Crippen LogP contribution is -1.90. The fraction of sp³-hybridized carbons (Fsp3) is 0.286. The van der Waals surface area contributed by atoms with E-state index in [1.807, 2.05) is 0 Å². The van der Waals surface area contributed by atoms with Gasteiger partial charge < -0.3 is 0 Å². The van der Waals surface area contributed by atoms with Gasteiger partial charge in [-0.2, -0.15) is 0 Å². The maximum absolute atomic E-state index is 12.4. The summed E-state index contributed by atoms with van der Waals surface area (Å²) in [7, 11) is 0. The van der Waals surface area contributed by atoms with Crippen molar-refractivity contribution in [1.82, 2.24) is 4.98 Å². The van der Waals surface area contributed by atoms with Crippen LogP contribution in [-0.2, 0) is 5.88 Å². The number of rotatable bonds is 1. The third kappa shape index (κ3) is 1.45. The molecule has 0 amide bonds. The zero-order valence-corrected chi connectivity index (χ0v) is 6.32. The number of hydrogen-bond donors (Lipinski definition) is 0. The van der Waals surface area contributed by atoms with Crippen LogP contribution in [0.15, 0.2) is 12.3 Å². The molecule has 1 rings (SSSR count). The number of hydrogen-bond acceptors (Lipinski definition) is 1. The topological polar surface area (TPSA) is 12.9 Å². The Labute approximate surface area is 63.8 Å². The van der Waals surface area contributed by atoms with E-state index in [1.165, 1.54) is 12.3 Å². The summed E-state index contributed by atoms with van der Waals surface area (Å²) in [6, 6.07) is 1.42. The molecule has 0 radical (unpaired) electrons. The highest BCUT2D eigenvalue weighted by Crippen LogP contribution is 2.08. The number of aryl methyl sites for hydroxylation is 1. The number of pyridine rings is 1. The molecule has 10 heavy (non-hydrogen) atoms. The second-order valence-corrected chi connectivity index (χ2v) is 2.32. The first kappa shape index (κ1) is 7.48. The van der Waals surface area contributed by atoms with E-state index in [4.69, 9.17) is 11.6 Å². The van der Waals surface area contributed by atoms with E-state index < -0.39 is 0 Å². The summed E-state index contributed by atoms with van der Waals surface area (Å²) in [6.07, 6.45) is 1.17. The zero-order chi connectivity index (χ0) is 7.56. The molecule has 0 aliphatic rings. The van der Waals surface area contributed by atoms with Gasteiger partial charge >= 0.3 is 0 Å². The SMILES string of the molecule is Cc1cc(F)cnc1CCl. The van der Waals surface area contributed by atoms with Gasteiger partial charge in [-0.05, 0) is 18.6 Å². The molecule has 0 fully saturated rings. The third-order valence-corrected chi connectivity index (χ3v) is 1.53. The Morgan fingerprint density at radius 3 is 2.90 bits per heavy atom. The summed E-state index contributed by atoms with van der Waals surface area (Å²) in [5.41, 5.74) is 1.54. The minimum atomic E-state index is -0.314. The van der Waals surface area contributed by atoms with Crippen molar-refractivity contribution in [2.24, 2.45) is 0 Å². The van der Waals surface area contributed by atoms with Crippen molar-refractivity contribution < 1.29 is 4.39 Å². The highest BCUT2D eigenvalue weighted by atomic mass is 35.5. The Bertz CT molecular complexity index is 237. The lowest BCUT2D eigenvalue weighted by Gasteiger charge is -1.98. The summed E-state index contributed by atoms with van der Waals surface area (Å²) in [5, 5.41) is 0. The van der Waals surface area contributed by atoms with Gasteiger partial charge in [0, 0.05) is 0 Å². The highest BCUT2D eigenvalue weighted by Gasteiger charge is 1.98. The molecule has 0 aliphatic heterocycles. The first-order valence-electron chi connectivity index (χ1n) is 2.91. The maximum atomic E-state index is 12.4. The van der Waals surface area contributed by atoms with Gasteiger partial charge in [-0.15, -0.1) is 11.6 Å². The van der Waals surface area contributed by atoms with Gasteiger partial charge in [0.2, 0.25) is 0 Å². The molecule has 0 aromatic carbocycles. The molecule has 0 saturated carbocycles. The number of aromatic nitrogens is 1. The van der Waals surface area contributed by atoms with Crippen LogP contribution >= 0.6 is 11.6 Å². The first-order valence-corrected chi connectivity index (χ1v) is 3.44. The van der Waals surface area contributed by atoms with Gasteiger partial charge in [-0.3, -0.25) is 4.98 Å². The van der Waals surface area contributed by atoms with Gasteiger partial charge in [-0.1, -0.05) is 0 Å². The van der Waals surface area contributed by atoms with Crippen LogP contribution in [0.1, 0.15) is 11.3 Å². The highest BCUT2D eigenvalue weighted by molar-refractivity contribution is 6.16. The Morgan fingerprint density at radius 1 is 1.70 bits per heavy atom. The van der Waals surface area contributed by atoms with Crippen molar-refractivity contribution >= 4 is 11.6 Å². The molecule has 1 aromatic heterocycles. The fourth-order valence-corrected chi connectivity index (χ4v) is 0.988. The van der Waals surface area contributed by atoms with E-state index in [0.717, 1.165) is 11.3 Å². The summed E-state index contributed by atoms with van der Waals surface area (Å²) < 4.78 is 12.4. The second kappa shape index (κ2) is 2.97. The Morgan fingerprint density at radius 2 is 2.40 bits per heavy atom. The van der Waals surface area contributed by atoms with E-state index in [-0.39, 0.29) is 5.82 Å². The second-order valence-electron chi connectivity index (χ2n) is 2.05. The van der Waals surface area contributed by atoms with Crippen molar-refractivity contribution in [2.45, 2.75) is 12.8 Å². The lowest BCUT2D eigenvalue weighted by molar-refractivity contribution is 0.618. The van der Waals surface area contributed by atoms with Crippen LogP contribution in [0.25, 0.3) is 0 Å². The quantitative estimate of drug-likeness (QED) is 0.573. The molecule has 1 heterocycles. The smallest absolute Gasteiger partial charge is 0.141 e. The van der Waals surface area contributed by atoms with Crippen molar-refractivity contribution in [3.8, 4) is 0 Å². The number of alkyl halides is 1. The standard InChI is InChI=1S/C7H7ClFN/c1-5-2-6(9)4-10-7(5)3-8/h2,4H,3H2,1H3. The minimum absolute atomic E-state index is 0.314. The fourth-order valence-electron chi connectivity index (χ4n) is 0.709. The predicted molar refractivity (Wildman–Crippen MR) is 38.5 cm³/mol. The molecule has 54 valence electrons. The lowest BCUT2D eigenvalue weighted by atomic mass is 10.2. The van der Waals surface area contributed by atoms with E-state index in [2.05, 4.69) is 4.98 Å². The van der Waals surface area contributed by atoms with Gasteiger partial charge in [0.1, 0.15) is 5.82 Å². The molecule has 0 saturated heterocycles. The molecule has 0 spiro atoms. The molecule has 0 atom stereocenters. The number of halogens is 2. The van der Waals surface area contributed by atoms with Crippen molar-refractivity contribution in [3.05, 3.63) is 29.3 Å². The van der Waals surface area contributed by atoms with Crippen molar-refractivity contribution in [1.29, 1.82) is 0 Å². The maximum Gasteiger partial charge on any atom is 0.141 e. The zero-order valence-electron chi connectivity index (χ0n) is 5.56. The van der Waals surface area contributed by atoms with Crippen LogP contribution < -0.4 is 0 Å². The largest absolute Gasteiger partial charge is 0.257 e. The predicted octanol–water partition coefficient (Wildman–Crippen LogP) is 2.27. The van der Waals surface area contributed by atoms with E-state index in [1.54, 1.807) is 6.92 Å². The monoisotopic (exact) mass is 159 g/mol. The van der Waals surface area contributed by atoms with Gasteiger partial charge in [0.15, 0.2) is 0 Å². The minimum Gasteiger partial charge on any atom is -0.257 e. The Balaban J connectivity index is 3.07. The molecule has 1 aromatic rings. The van der Waals surface area contributed by atoms with Crippen LogP contribution in [0.3, 0.4) is 0 Å². The molecule has 1 nitrogen and oxygen atoms in total. The molecular formula is C7H7ClFN. The summed E-state index contributed by atoms with van der Waals surface area (Å²) in [4.78, 5) is 3.79. The summed E-state index contributed by atoms with van der Waals surface area (Å²) in [5.74, 6) is 0.0258. The summed E-state index contributed by atoms with van der Waals surface area (Å²) >= 11 is 5.50. The van der Waals surface area contributed by atoms with Gasteiger partial charge in [0.25, 0.3) is 0 Å². The molecular weight excluding hydrogens is 153 g/mol. The van der Waals surface area contributed by atoms with Crippen LogP contribution in [0.5, 0.6) is 0 Å². The van der Waals surface area contributed by atoms with Crippen LogP contribution in [0.4, 0.5) is 4.39 Å². The van der Waals surface area contributed by atoms with E-state index >= 15 is 0 Å². The van der Waals surface area contributed by atoms with Gasteiger partial charge in [-0.25, -0.2) is 4.39 Å². The van der Waals surface area contributed by atoms with Crippen LogP contribution in [0, 0.1) is 12.7 Å². The van der Waals surface area contributed by atoms with E-state index in [0.29, 0.717) is 5.88 Å². The van der Waals surface area contributed by atoms with Crippen LogP contribution in [-0.4, -0.2) is 4.98 Å². The third-order valence-electron chi connectivity index (χ3n) is 1.28. The molecule has 0 aliphatic carbocycles. The van der Waals surface area contributed by atoms with E-state index in [9.17, 15) is 4.39 Å². The average Bonchev–Trinajstić information content (AvgIpc) is 1.88. The average molecular weight is 160 g/mol. The molecule has 3 heteroatoms. The normalized spacial score (nSPS) is 9.90. The summed E-state index contributed by atoms with van der Waals surface area (Å²) in [6.45, 7) is 1.79. The molecule has 0 bridgehead atoms. The molecule has 0 N–H and O–H groups in total. The van der Waals surface area contributed by atoms with Crippen LogP contribution in [0.2, 0.25) is 0 Å². The van der Waals surface area contributed by atoms with Crippen molar-refractivity contribution in [2.75, 3.05) is 0 Å². The Kier molecular flexibility index (Phi) is 2.22. The number of nitrogens with zero attached hydrogens (tertiary/aromatic N) is 1. The van der Waals surface area contributed by atoms with Crippen molar-refractivity contribution in [3.63, 3.8) is 0 Å². The van der Waals surface area contributed by atoms with Gasteiger partial charge in [0.05, 0.1) is 17.8 Å². The molecule has 0 unspecified atom stereocenters. The Hall–Kier alpha value is -0.630.